The van der Waals surface area contributed by atoms with Crippen molar-refractivity contribution in [3.63, 3.8) is 0 Å². The molecular weight excluding hydrogens is 274 g/mol. The van der Waals surface area contributed by atoms with E-state index in [1.54, 1.807) is 0 Å². The number of nitriles is 1. The Balaban J connectivity index is 1.62. The summed E-state index contributed by atoms with van der Waals surface area (Å²) < 4.78 is 26.4. The molecule has 114 valence electrons. The summed E-state index contributed by atoms with van der Waals surface area (Å²) in [6, 6.07) is 2.62. The molecule has 2 saturated carbocycles. The molecule has 0 aromatic rings. The van der Waals surface area contributed by atoms with E-state index in [-0.39, 0.29) is 11.7 Å². The Bertz CT molecular complexity index is 440. The summed E-state index contributed by atoms with van der Waals surface area (Å²) in [5.41, 5.74) is 0. The Morgan fingerprint density at radius 3 is 2.55 bits per heavy atom. The van der Waals surface area contributed by atoms with Crippen molar-refractivity contribution in [3.05, 3.63) is 0 Å². The van der Waals surface area contributed by atoms with Crippen LogP contribution in [0.25, 0.3) is 0 Å². The molecule has 0 saturated heterocycles. The van der Waals surface area contributed by atoms with Gasteiger partial charge < -0.3 is 5.32 Å². The smallest absolute Gasteiger partial charge is 0.212 e. The highest BCUT2D eigenvalue weighted by Crippen LogP contribution is 2.25. The first-order valence-corrected chi connectivity index (χ1v) is 9.34. The van der Waals surface area contributed by atoms with Gasteiger partial charge in [-0.05, 0) is 38.0 Å². The van der Waals surface area contributed by atoms with E-state index in [1.165, 1.54) is 6.42 Å². The zero-order valence-corrected chi connectivity index (χ0v) is 12.8. The van der Waals surface area contributed by atoms with E-state index in [0.717, 1.165) is 38.5 Å². The second kappa shape index (κ2) is 7.39. The lowest BCUT2D eigenvalue weighted by molar-refractivity contribution is 0.316. The third-order valence-electron chi connectivity index (χ3n) is 4.48. The van der Waals surface area contributed by atoms with Crippen LogP contribution in [0.5, 0.6) is 0 Å². The van der Waals surface area contributed by atoms with Crippen molar-refractivity contribution in [2.24, 2.45) is 11.8 Å². The Labute approximate surface area is 122 Å². The van der Waals surface area contributed by atoms with E-state index in [0.29, 0.717) is 25.0 Å². The van der Waals surface area contributed by atoms with Crippen molar-refractivity contribution in [1.82, 2.24) is 10.0 Å². The Hall–Kier alpha value is -0.640. The van der Waals surface area contributed by atoms with Gasteiger partial charge in [-0.3, -0.25) is 0 Å². The predicted molar refractivity (Wildman–Crippen MR) is 78.5 cm³/mol. The zero-order valence-electron chi connectivity index (χ0n) is 12.0. The van der Waals surface area contributed by atoms with E-state index >= 15 is 0 Å². The first kappa shape index (κ1) is 15.7. The van der Waals surface area contributed by atoms with Crippen molar-refractivity contribution in [2.75, 3.05) is 18.8 Å². The highest BCUT2D eigenvalue weighted by atomic mass is 32.2. The summed E-state index contributed by atoms with van der Waals surface area (Å²) in [4.78, 5) is 0. The number of rotatable bonds is 7. The summed E-state index contributed by atoms with van der Waals surface area (Å²) in [5, 5.41) is 12.2. The van der Waals surface area contributed by atoms with Crippen molar-refractivity contribution in [2.45, 2.75) is 51.0 Å². The van der Waals surface area contributed by atoms with E-state index in [9.17, 15) is 8.42 Å². The standard InChI is InChI=1S/C14H25N3O2S/c15-10-13-5-2-6-14(9-13)16-7-8-20(18,19)17-11-12-3-1-4-12/h12-14,16-17H,1-9,11H2/t13-,14-/m0/s1. The fourth-order valence-corrected chi connectivity index (χ4v) is 3.92. The molecule has 20 heavy (non-hydrogen) atoms. The van der Waals surface area contributed by atoms with Crippen LogP contribution in [-0.4, -0.2) is 33.3 Å². The lowest BCUT2D eigenvalue weighted by atomic mass is 9.86. The van der Waals surface area contributed by atoms with Crippen LogP contribution >= 0.6 is 0 Å². The molecule has 0 spiro atoms. The Morgan fingerprint density at radius 1 is 1.15 bits per heavy atom. The maximum Gasteiger partial charge on any atom is 0.212 e. The third-order valence-corrected chi connectivity index (χ3v) is 5.83. The van der Waals surface area contributed by atoms with Crippen LogP contribution in [0.4, 0.5) is 0 Å². The van der Waals surface area contributed by atoms with Gasteiger partial charge in [0.2, 0.25) is 10.0 Å². The van der Waals surface area contributed by atoms with Crippen molar-refractivity contribution < 1.29 is 8.42 Å². The summed E-state index contributed by atoms with van der Waals surface area (Å²) in [5.74, 6) is 0.815. The molecule has 2 aliphatic carbocycles. The van der Waals surface area contributed by atoms with E-state index in [1.807, 2.05) is 0 Å². The van der Waals surface area contributed by atoms with Gasteiger partial charge in [0.05, 0.1) is 11.8 Å². The maximum atomic E-state index is 11.8. The molecule has 0 unspecified atom stereocenters. The third kappa shape index (κ3) is 5.04. The average molecular weight is 299 g/mol. The molecule has 2 aliphatic rings. The number of hydrogen-bond acceptors (Lipinski definition) is 4. The van der Waals surface area contributed by atoms with Gasteiger partial charge in [-0.2, -0.15) is 5.26 Å². The first-order chi connectivity index (χ1) is 9.59. The molecule has 0 radical (unpaired) electrons. The molecule has 0 aromatic heterocycles. The predicted octanol–water partition coefficient (Wildman–Crippen LogP) is 1.38. The number of nitrogens with zero attached hydrogens (tertiary/aromatic N) is 1. The molecule has 5 nitrogen and oxygen atoms in total. The molecule has 0 aromatic carbocycles. The van der Waals surface area contributed by atoms with E-state index in [2.05, 4.69) is 16.1 Å². The summed E-state index contributed by atoms with van der Waals surface area (Å²) in [7, 11) is -3.15. The fourth-order valence-electron chi connectivity index (χ4n) is 2.90. The normalized spacial score (nSPS) is 27.8. The van der Waals surface area contributed by atoms with Gasteiger partial charge in [-0.25, -0.2) is 13.1 Å². The Morgan fingerprint density at radius 2 is 1.90 bits per heavy atom. The molecule has 6 heteroatoms. The minimum atomic E-state index is -3.15. The van der Waals surface area contributed by atoms with Crippen LogP contribution in [0.3, 0.4) is 0 Å². The van der Waals surface area contributed by atoms with Crippen molar-refractivity contribution in [3.8, 4) is 6.07 Å². The minimum Gasteiger partial charge on any atom is -0.313 e. The fraction of sp³-hybridized carbons (Fsp3) is 0.929. The van der Waals surface area contributed by atoms with E-state index < -0.39 is 10.0 Å². The quantitative estimate of drug-likeness (QED) is 0.744. The molecule has 2 fully saturated rings. The second-order valence-electron chi connectivity index (χ2n) is 6.11. The van der Waals surface area contributed by atoms with Gasteiger partial charge in [0, 0.05) is 25.0 Å². The van der Waals surface area contributed by atoms with Crippen LogP contribution < -0.4 is 10.0 Å². The van der Waals surface area contributed by atoms with Gasteiger partial charge in [-0.1, -0.05) is 12.8 Å². The molecule has 2 rings (SSSR count). The van der Waals surface area contributed by atoms with Crippen molar-refractivity contribution >= 4 is 10.0 Å². The van der Waals surface area contributed by atoms with Gasteiger partial charge in [-0.15, -0.1) is 0 Å². The summed E-state index contributed by atoms with van der Waals surface area (Å²) >= 11 is 0. The van der Waals surface area contributed by atoms with Gasteiger partial charge >= 0.3 is 0 Å². The Kier molecular flexibility index (Phi) is 5.82. The minimum absolute atomic E-state index is 0.132. The van der Waals surface area contributed by atoms with Gasteiger partial charge in [0.15, 0.2) is 0 Å². The first-order valence-electron chi connectivity index (χ1n) is 7.69. The molecule has 0 amide bonds. The molecule has 2 atom stereocenters. The zero-order chi connectivity index (χ0) is 14.4. The van der Waals surface area contributed by atoms with Crippen LogP contribution in [0.2, 0.25) is 0 Å². The van der Waals surface area contributed by atoms with Crippen LogP contribution in [0.15, 0.2) is 0 Å². The number of sulfonamides is 1. The van der Waals surface area contributed by atoms with E-state index in [4.69, 9.17) is 5.26 Å². The molecule has 2 N–H and O–H groups in total. The number of hydrogen-bond donors (Lipinski definition) is 2. The largest absolute Gasteiger partial charge is 0.313 e. The molecule has 0 heterocycles. The van der Waals surface area contributed by atoms with Gasteiger partial charge in [0.25, 0.3) is 0 Å². The molecule has 0 bridgehead atoms. The van der Waals surface area contributed by atoms with Crippen molar-refractivity contribution in [1.29, 1.82) is 5.26 Å². The van der Waals surface area contributed by atoms with Crippen LogP contribution in [0, 0.1) is 23.2 Å². The summed E-state index contributed by atoms with van der Waals surface area (Å²) in [6.45, 7) is 1.07. The van der Waals surface area contributed by atoms with Crippen LogP contribution in [0.1, 0.15) is 44.9 Å². The highest BCUT2D eigenvalue weighted by Gasteiger charge is 2.22. The SMILES string of the molecule is N#C[C@H]1CCC[C@H](NCCS(=O)(=O)NCC2CCC2)C1. The highest BCUT2D eigenvalue weighted by molar-refractivity contribution is 7.89. The monoisotopic (exact) mass is 299 g/mol. The van der Waals surface area contributed by atoms with Gasteiger partial charge in [0.1, 0.15) is 0 Å². The second-order valence-corrected chi connectivity index (χ2v) is 8.03. The molecular formula is C14H25N3O2S. The van der Waals surface area contributed by atoms with Crippen LogP contribution in [-0.2, 0) is 10.0 Å². The lowest BCUT2D eigenvalue weighted by Gasteiger charge is -2.27. The molecule has 0 aliphatic heterocycles. The average Bonchev–Trinajstić information content (AvgIpc) is 2.37. The summed E-state index contributed by atoms with van der Waals surface area (Å²) in [6.07, 6.45) is 7.48. The maximum absolute atomic E-state index is 11.8. The topological polar surface area (TPSA) is 82.0 Å². The lowest BCUT2D eigenvalue weighted by Crippen LogP contribution is -2.40. The number of nitrogens with one attached hydrogen (secondary N) is 2.